The number of methoxy groups -OCH3 is 1. The molecule has 3 rings (SSSR count). The fourth-order valence-electron chi connectivity index (χ4n) is 1.94. The average molecular weight is 268 g/mol. The van der Waals surface area contributed by atoms with E-state index in [0.717, 1.165) is 0 Å². The van der Waals surface area contributed by atoms with Crippen molar-refractivity contribution < 1.29 is 14.1 Å². The third-order valence-electron chi connectivity index (χ3n) is 2.92. The molecule has 0 aliphatic carbocycles. The Balaban J connectivity index is 1.89. The number of amides is 1. The maximum Gasteiger partial charge on any atom is 0.278 e. The molecule has 0 unspecified atom stereocenters. The van der Waals surface area contributed by atoms with Crippen LogP contribution in [0.2, 0.25) is 0 Å². The third-order valence-corrected chi connectivity index (χ3v) is 2.92. The normalized spacial score (nSPS) is 10.4. The number of fused-ring (bicyclic) bond motifs is 1. The molecule has 3 aromatic rings. The van der Waals surface area contributed by atoms with Crippen LogP contribution in [-0.2, 0) is 0 Å². The topological polar surface area (TPSA) is 64.4 Å². The van der Waals surface area contributed by atoms with Crippen LogP contribution in [0, 0.1) is 0 Å². The van der Waals surface area contributed by atoms with Gasteiger partial charge in [0, 0.05) is 11.8 Å². The lowest BCUT2D eigenvalue weighted by Crippen LogP contribution is -2.12. The molecule has 1 heterocycles. The summed E-state index contributed by atoms with van der Waals surface area (Å²) in [5.74, 6) is 0.357. The van der Waals surface area contributed by atoms with Gasteiger partial charge in [-0.1, -0.05) is 23.4 Å². The highest BCUT2D eigenvalue weighted by Crippen LogP contribution is 2.21. The smallest absolute Gasteiger partial charge is 0.278 e. The van der Waals surface area contributed by atoms with Crippen molar-refractivity contribution >= 4 is 22.6 Å². The van der Waals surface area contributed by atoms with Gasteiger partial charge < -0.3 is 14.6 Å². The molecule has 1 N–H and O–H groups in total. The molecule has 0 fully saturated rings. The van der Waals surface area contributed by atoms with E-state index in [0.29, 0.717) is 22.4 Å². The molecule has 100 valence electrons. The predicted octanol–water partition coefficient (Wildman–Crippen LogP) is 3.09. The second-order valence-electron chi connectivity index (χ2n) is 4.21. The summed E-state index contributed by atoms with van der Waals surface area (Å²) >= 11 is 0. The molecule has 0 bridgehead atoms. The van der Waals surface area contributed by atoms with E-state index in [1.54, 1.807) is 43.5 Å². The van der Waals surface area contributed by atoms with Crippen LogP contribution in [0.1, 0.15) is 10.5 Å². The first-order chi connectivity index (χ1) is 9.78. The van der Waals surface area contributed by atoms with Gasteiger partial charge in [-0.15, -0.1) is 0 Å². The summed E-state index contributed by atoms with van der Waals surface area (Å²) in [7, 11) is 1.58. The second kappa shape index (κ2) is 5.05. The second-order valence-corrected chi connectivity index (χ2v) is 4.21. The third kappa shape index (κ3) is 2.21. The number of nitrogens with one attached hydrogen (secondary N) is 1. The van der Waals surface area contributed by atoms with Crippen molar-refractivity contribution in [1.29, 1.82) is 0 Å². The molecule has 0 saturated heterocycles. The van der Waals surface area contributed by atoms with Crippen molar-refractivity contribution in [3.05, 3.63) is 54.2 Å². The molecule has 0 atom stereocenters. The van der Waals surface area contributed by atoms with Gasteiger partial charge in [0.05, 0.1) is 12.5 Å². The van der Waals surface area contributed by atoms with Crippen molar-refractivity contribution in [1.82, 2.24) is 5.16 Å². The van der Waals surface area contributed by atoms with E-state index in [1.807, 2.05) is 12.1 Å². The molecule has 0 radical (unpaired) electrons. The van der Waals surface area contributed by atoms with Crippen LogP contribution in [0.25, 0.3) is 11.0 Å². The number of hydrogen-bond donors (Lipinski definition) is 1. The van der Waals surface area contributed by atoms with Gasteiger partial charge in [0.2, 0.25) is 0 Å². The zero-order valence-electron chi connectivity index (χ0n) is 10.8. The van der Waals surface area contributed by atoms with Gasteiger partial charge in [-0.3, -0.25) is 4.79 Å². The Morgan fingerprint density at radius 3 is 2.90 bits per heavy atom. The lowest BCUT2D eigenvalue weighted by atomic mass is 10.2. The summed E-state index contributed by atoms with van der Waals surface area (Å²) in [5, 5.41) is 7.27. The number of para-hydroxylation sites is 1. The number of carbonyl (C=O) groups excluding carboxylic acids is 1. The van der Waals surface area contributed by atoms with Crippen LogP contribution in [-0.4, -0.2) is 18.2 Å². The minimum atomic E-state index is -0.316. The highest BCUT2D eigenvalue weighted by Gasteiger charge is 2.15. The lowest BCUT2D eigenvalue weighted by molar-refractivity contribution is 0.102. The summed E-state index contributed by atoms with van der Waals surface area (Å²) in [4.78, 5) is 12.2. The standard InChI is InChI=1S/C15H12N2O3/c1-19-11-6-4-5-10(9-11)16-15(18)14-12-7-2-3-8-13(12)20-17-14/h2-9H,1H3,(H,16,18). The van der Waals surface area contributed by atoms with Gasteiger partial charge >= 0.3 is 0 Å². The fourth-order valence-corrected chi connectivity index (χ4v) is 1.94. The number of benzene rings is 2. The number of hydrogen-bond acceptors (Lipinski definition) is 4. The molecule has 0 aliphatic rings. The number of ether oxygens (including phenoxy) is 1. The predicted molar refractivity (Wildman–Crippen MR) is 75.0 cm³/mol. The molecule has 5 heteroatoms. The minimum absolute atomic E-state index is 0.267. The molecule has 0 saturated carbocycles. The summed E-state index contributed by atoms with van der Waals surface area (Å²) in [6.07, 6.45) is 0. The molecule has 0 spiro atoms. The van der Waals surface area contributed by atoms with E-state index in [1.165, 1.54) is 0 Å². The van der Waals surface area contributed by atoms with Crippen LogP contribution in [0.3, 0.4) is 0 Å². The monoisotopic (exact) mass is 268 g/mol. The maximum atomic E-state index is 12.2. The van der Waals surface area contributed by atoms with Crippen molar-refractivity contribution in [3.63, 3.8) is 0 Å². The van der Waals surface area contributed by atoms with Gasteiger partial charge in [-0.05, 0) is 24.3 Å². The highest BCUT2D eigenvalue weighted by molar-refractivity contribution is 6.10. The first-order valence-electron chi connectivity index (χ1n) is 6.08. The van der Waals surface area contributed by atoms with E-state index in [9.17, 15) is 4.79 Å². The molecule has 1 aromatic heterocycles. The van der Waals surface area contributed by atoms with Crippen LogP contribution >= 0.6 is 0 Å². The summed E-state index contributed by atoms with van der Waals surface area (Å²) in [6.45, 7) is 0. The van der Waals surface area contributed by atoms with Crippen LogP contribution < -0.4 is 10.1 Å². The molecule has 1 amide bonds. The first kappa shape index (κ1) is 12.2. The number of nitrogens with zero attached hydrogens (tertiary/aromatic N) is 1. The number of anilines is 1. The zero-order valence-corrected chi connectivity index (χ0v) is 10.8. The van der Waals surface area contributed by atoms with E-state index in [-0.39, 0.29) is 11.6 Å². The van der Waals surface area contributed by atoms with Crippen molar-refractivity contribution in [2.24, 2.45) is 0 Å². The summed E-state index contributed by atoms with van der Waals surface area (Å²) in [6, 6.07) is 14.4. The molecule has 5 nitrogen and oxygen atoms in total. The van der Waals surface area contributed by atoms with Crippen LogP contribution in [0.5, 0.6) is 5.75 Å². The maximum absolute atomic E-state index is 12.2. The number of carbonyl (C=O) groups is 1. The molecule has 2 aromatic carbocycles. The van der Waals surface area contributed by atoms with Gasteiger partial charge in [0.1, 0.15) is 5.75 Å². The highest BCUT2D eigenvalue weighted by atomic mass is 16.5. The Kier molecular flexibility index (Phi) is 3.09. The number of rotatable bonds is 3. The Bertz CT molecular complexity index is 764. The van der Waals surface area contributed by atoms with E-state index < -0.39 is 0 Å². The molecular weight excluding hydrogens is 256 g/mol. The molecule has 0 aliphatic heterocycles. The van der Waals surface area contributed by atoms with Crippen molar-refractivity contribution in [2.45, 2.75) is 0 Å². The Hall–Kier alpha value is -2.82. The van der Waals surface area contributed by atoms with E-state index in [4.69, 9.17) is 9.26 Å². The van der Waals surface area contributed by atoms with Crippen LogP contribution in [0.4, 0.5) is 5.69 Å². The molecule has 20 heavy (non-hydrogen) atoms. The quantitative estimate of drug-likeness (QED) is 0.792. The van der Waals surface area contributed by atoms with Gasteiger partial charge in [-0.25, -0.2) is 0 Å². The molecular formula is C15H12N2O3. The minimum Gasteiger partial charge on any atom is -0.497 e. The lowest BCUT2D eigenvalue weighted by Gasteiger charge is -2.05. The summed E-state index contributed by atoms with van der Waals surface area (Å²) < 4.78 is 10.2. The van der Waals surface area contributed by atoms with Gasteiger partial charge in [0.25, 0.3) is 5.91 Å². The first-order valence-corrected chi connectivity index (χ1v) is 6.08. The zero-order chi connectivity index (χ0) is 13.9. The van der Waals surface area contributed by atoms with E-state index in [2.05, 4.69) is 10.5 Å². The van der Waals surface area contributed by atoms with Crippen molar-refractivity contribution in [2.75, 3.05) is 12.4 Å². The largest absolute Gasteiger partial charge is 0.497 e. The Labute approximate surface area is 115 Å². The van der Waals surface area contributed by atoms with Crippen LogP contribution in [0.15, 0.2) is 53.1 Å². The SMILES string of the molecule is COc1cccc(NC(=O)c2noc3ccccc23)c1. The number of aromatic nitrogens is 1. The summed E-state index contributed by atoms with van der Waals surface area (Å²) in [5.41, 5.74) is 1.49. The van der Waals surface area contributed by atoms with Gasteiger partial charge in [-0.2, -0.15) is 0 Å². The fraction of sp³-hybridized carbons (Fsp3) is 0.0667. The average Bonchev–Trinajstić information content (AvgIpc) is 2.91. The Morgan fingerprint density at radius 2 is 2.05 bits per heavy atom. The van der Waals surface area contributed by atoms with Gasteiger partial charge in [0.15, 0.2) is 11.3 Å². The van der Waals surface area contributed by atoms with E-state index >= 15 is 0 Å². The van der Waals surface area contributed by atoms with Crippen molar-refractivity contribution in [3.8, 4) is 5.75 Å². The Morgan fingerprint density at radius 1 is 1.20 bits per heavy atom.